The average molecular weight is 273 g/mol. The van der Waals surface area contributed by atoms with Gasteiger partial charge in [0, 0.05) is 0 Å². The van der Waals surface area contributed by atoms with Crippen LogP contribution in [0.5, 0.6) is 0 Å². The Hall–Kier alpha value is -0.770. The van der Waals surface area contributed by atoms with Crippen LogP contribution in [0.2, 0.25) is 0 Å². The summed E-state index contributed by atoms with van der Waals surface area (Å²) in [5.41, 5.74) is 0. The van der Waals surface area contributed by atoms with Gasteiger partial charge in [0.25, 0.3) is 0 Å². The first-order valence-corrected chi connectivity index (χ1v) is 7.85. The van der Waals surface area contributed by atoms with Gasteiger partial charge in [-0.05, 0) is 13.3 Å². The molecule has 0 saturated heterocycles. The quantitative estimate of drug-likeness (QED) is 0.317. The van der Waals surface area contributed by atoms with E-state index in [1.807, 2.05) is 0 Å². The average Bonchev–Trinajstić information content (AvgIpc) is 2.41. The second-order valence-corrected chi connectivity index (χ2v) is 5.00. The molecule has 0 unspecified atom stereocenters. The molecule has 0 radical (unpaired) electrons. The van der Waals surface area contributed by atoms with E-state index >= 15 is 0 Å². The first-order chi connectivity index (χ1) is 9.22. The Kier molecular flexibility index (Phi) is 13.1. The van der Waals surface area contributed by atoms with Gasteiger partial charge in [-0.3, -0.25) is 5.21 Å². The monoisotopic (exact) mass is 273 g/mol. The van der Waals surface area contributed by atoms with E-state index in [9.17, 15) is 10.0 Å². The van der Waals surface area contributed by atoms with Crippen molar-refractivity contribution in [1.29, 1.82) is 0 Å². The number of amides is 1. The molecule has 114 valence electrons. The highest BCUT2D eigenvalue weighted by Crippen LogP contribution is 2.10. The summed E-state index contributed by atoms with van der Waals surface area (Å²) in [7, 11) is 0. The molecule has 1 amide bonds. The minimum Gasteiger partial charge on any atom is -0.448 e. The van der Waals surface area contributed by atoms with E-state index in [1.54, 1.807) is 6.92 Å². The zero-order chi connectivity index (χ0) is 14.3. The Morgan fingerprint density at radius 1 is 0.895 bits per heavy atom. The molecule has 0 saturated carbocycles. The van der Waals surface area contributed by atoms with Gasteiger partial charge in [-0.1, -0.05) is 64.7 Å². The van der Waals surface area contributed by atoms with E-state index in [0.29, 0.717) is 18.2 Å². The van der Waals surface area contributed by atoms with Crippen molar-refractivity contribution in [3.05, 3.63) is 0 Å². The number of nitrogens with zero attached hydrogens (tertiary/aromatic N) is 1. The van der Waals surface area contributed by atoms with Gasteiger partial charge in [0.05, 0.1) is 13.2 Å². The highest BCUT2D eigenvalue weighted by molar-refractivity contribution is 5.65. The van der Waals surface area contributed by atoms with E-state index in [2.05, 4.69) is 11.7 Å². The first-order valence-electron chi connectivity index (χ1n) is 7.85. The van der Waals surface area contributed by atoms with Crippen LogP contribution in [0.25, 0.3) is 0 Å². The lowest BCUT2D eigenvalue weighted by Gasteiger charge is -2.13. The maximum atomic E-state index is 11.1. The Bertz CT molecular complexity index is 210. The third-order valence-electron chi connectivity index (χ3n) is 3.20. The minimum absolute atomic E-state index is 0.300. The Balaban J connectivity index is 3.20. The molecule has 0 bridgehead atoms. The normalized spacial score (nSPS) is 10.5. The molecule has 0 spiro atoms. The summed E-state index contributed by atoms with van der Waals surface area (Å²) in [6.07, 6.45) is 11.8. The number of ether oxygens (including phenoxy) is 1. The summed E-state index contributed by atoms with van der Waals surface area (Å²) in [5, 5.41) is 10.0. The van der Waals surface area contributed by atoms with Crippen LogP contribution in [0.3, 0.4) is 0 Å². The SMILES string of the molecule is CCCCCCCCCCCCN(O)C(=O)OCC. The van der Waals surface area contributed by atoms with Crippen LogP contribution in [0.1, 0.15) is 78.1 Å². The van der Waals surface area contributed by atoms with Crippen LogP contribution in [0.4, 0.5) is 4.79 Å². The Morgan fingerprint density at radius 3 is 1.84 bits per heavy atom. The van der Waals surface area contributed by atoms with E-state index < -0.39 is 6.09 Å². The van der Waals surface area contributed by atoms with Gasteiger partial charge in [-0.25, -0.2) is 4.79 Å². The molecule has 1 N–H and O–H groups in total. The molecule has 0 aromatic heterocycles. The van der Waals surface area contributed by atoms with Crippen molar-refractivity contribution in [3.8, 4) is 0 Å². The molecule has 0 aliphatic carbocycles. The molecular formula is C15H31NO3. The second-order valence-electron chi connectivity index (χ2n) is 5.00. The maximum absolute atomic E-state index is 11.1. The third-order valence-corrected chi connectivity index (χ3v) is 3.20. The molecule has 0 aliphatic heterocycles. The fraction of sp³-hybridized carbons (Fsp3) is 0.933. The van der Waals surface area contributed by atoms with Crippen molar-refractivity contribution in [2.75, 3.05) is 13.2 Å². The zero-order valence-electron chi connectivity index (χ0n) is 12.7. The molecule has 0 rings (SSSR count). The number of hydrogen-bond acceptors (Lipinski definition) is 3. The van der Waals surface area contributed by atoms with Crippen LogP contribution >= 0.6 is 0 Å². The number of carbonyl (C=O) groups excluding carboxylic acids is 1. The molecule has 4 nitrogen and oxygen atoms in total. The molecule has 0 heterocycles. The number of hydrogen-bond donors (Lipinski definition) is 1. The summed E-state index contributed by atoms with van der Waals surface area (Å²) in [6.45, 7) is 4.64. The van der Waals surface area contributed by atoms with Crippen LogP contribution in [-0.2, 0) is 4.74 Å². The predicted octanol–water partition coefficient (Wildman–Crippen LogP) is 4.76. The number of unbranched alkanes of at least 4 members (excludes halogenated alkanes) is 9. The van der Waals surface area contributed by atoms with Crippen molar-refractivity contribution in [2.45, 2.75) is 78.1 Å². The zero-order valence-corrected chi connectivity index (χ0v) is 12.7. The predicted molar refractivity (Wildman–Crippen MR) is 77.4 cm³/mol. The number of carbonyl (C=O) groups is 1. The number of hydroxylamine groups is 2. The fourth-order valence-electron chi connectivity index (χ4n) is 2.04. The van der Waals surface area contributed by atoms with Crippen molar-refractivity contribution < 1.29 is 14.7 Å². The van der Waals surface area contributed by atoms with Gasteiger partial charge in [-0.2, -0.15) is 5.06 Å². The minimum atomic E-state index is -0.640. The number of rotatable bonds is 12. The lowest BCUT2D eigenvalue weighted by molar-refractivity contribution is -0.0738. The van der Waals surface area contributed by atoms with Crippen LogP contribution < -0.4 is 0 Å². The molecule has 0 aromatic carbocycles. The fourth-order valence-corrected chi connectivity index (χ4v) is 2.04. The summed E-state index contributed by atoms with van der Waals surface area (Å²) < 4.78 is 4.68. The van der Waals surface area contributed by atoms with Crippen LogP contribution in [0.15, 0.2) is 0 Å². The van der Waals surface area contributed by atoms with E-state index in [1.165, 1.54) is 51.4 Å². The molecule has 19 heavy (non-hydrogen) atoms. The molecule has 0 aliphatic rings. The third kappa shape index (κ3) is 12.0. The molecule has 0 atom stereocenters. The Morgan fingerprint density at radius 2 is 1.37 bits per heavy atom. The highest BCUT2D eigenvalue weighted by Gasteiger charge is 2.09. The molecule has 0 aromatic rings. The van der Waals surface area contributed by atoms with Gasteiger partial charge in [0.15, 0.2) is 0 Å². The second kappa shape index (κ2) is 13.7. The van der Waals surface area contributed by atoms with Crippen LogP contribution in [-0.4, -0.2) is 29.5 Å². The van der Waals surface area contributed by atoms with Gasteiger partial charge in [0.2, 0.25) is 0 Å². The van der Waals surface area contributed by atoms with Gasteiger partial charge in [-0.15, -0.1) is 0 Å². The van der Waals surface area contributed by atoms with E-state index in [0.717, 1.165) is 12.8 Å². The largest absolute Gasteiger partial charge is 0.448 e. The lowest BCUT2D eigenvalue weighted by Crippen LogP contribution is -2.29. The Labute approximate surface area is 118 Å². The summed E-state index contributed by atoms with van der Waals surface area (Å²) >= 11 is 0. The topological polar surface area (TPSA) is 49.8 Å². The standard InChI is InChI=1S/C15H31NO3/c1-3-5-6-7-8-9-10-11-12-13-14-16(18)15(17)19-4-2/h18H,3-14H2,1-2H3. The van der Waals surface area contributed by atoms with Gasteiger partial charge >= 0.3 is 6.09 Å². The molecular weight excluding hydrogens is 242 g/mol. The van der Waals surface area contributed by atoms with Crippen molar-refractivity contribution in [3.63, 3.8) is 0 Å². The molecule has 0 fully saturated rings. The lowest BCUT2D eigenvalue weighted by atomic mass is 10.1. The van der Waals surface area contributed by atoms with E-state index in [4.69, 9.17) is 0 Å². The summed E-state index contributed by atoms with van der Waals surface area (Å²) in [6, 6.07) is 0. The van der Waals surface area contributed by atoms with Crippen molar-refractivity contribution in [2.24, 2.45) is 0 Å². The summed E-state index contributed by atoms with van der Waals surface area (Å²) in [4.78, 5) is 11.1. The molecule has 4 heteroatoms. The van der Waals surface area contributed by atoms with Crippen molar-refractivity contribution >= 4 is 6.09 Å². The van der Waals surface area contributed by atoms with Gasteiger partial charge < -0.3 is 4.74 Å². The van der Waals surface area contributed by atoms with Crippen LogP contribution in [0, 0.1) is 0 Å². The first kappa shape index (κ1) is 18.2. The van der Waals surface area contributed by atoms with Crippen molar-refractivity contribution in [1.82, 2.24) is 5.06 Å². The van der Waals surface area contributed by atoms with Gasteiger partial charge in [0.1, 0.15) is 0 Å². The highest BCUT2D eigenvalue weighted by atomic mass is 16.6. The smallest absolute Gasteiger partial charge is 0.433 e. The maximum Gasteiger partial charge on any atom is 0.433 e. The van der Waals surface area contributed by atoms with E-state index in [-0.39, 0.29) is 0 Å². The summed E-state index contributed by atoms with van der Waals surface area (Å²) in [5.74, 6) is 0.